The molecule has 0 aliphatic carbocycles. The van der Waals surface area contributed by atoms with Crippen LogP contribution in [0.4, 0.5) is 5.69 Å². The lowest BCUT2D eigenvalue weighted by molar-refractivity contribution is -0.115. The Morgan fingerprint density at radius 1 is 1.60 bits per heavy atom. The van der Waals surface area contributed by atoms with E-state index in [0.29, 0.717) is 10.7 Å². The van der Waals surface area contributed by atoms with E-state index in [9.17, 15) is 4.79 Å². The first-order valence-corrected chi connectivity index (χ1v) is 6.05. The van der Waals surface area contributed by atoms with Gasteiger partial charge in [-0.1, -0.05) is 46.6 Å². The summed E-state index contributed by atoms with van der Waals surface area (Å²) in [5.74, 6) is -0.0614. The third-order valence-electron chi connectivity index (χ3n) is 2.11. The lowest BCUT2D eigenvalue weighted by atomic mass is 10.2. The first kappa shape index (κ1) is 12.5. The molecular formula is C11H13BrClNO. The summed E-state index contributed by atoms with van der Waals surface area (Å²) in [4.78, 5) is 11.5. The zero-order chi connectivity index (χ0) is 11.4. The van der Waals surface area contributed by atoms with Crippen molar-refractivity contribution >= 4 is 39.1 Å². The Kier molecular flexibility index (Phi) is 4.61. The van der Waals surface area contributed by atoms with Crippen molar-refractivity contribution in [2.75, 3.05) is 5.32 Å². The molecule has 1 N–H and O–H groups in total. The van der Waals surface area contributed by atoms with Crippen molar-refractivity contribution in [1.29, 1.82) is 0 Å². The molecule has 0 unspecified atom stereocenters. The van der Waals surface area contributed by atoms with Gasteiger partial charge in [-0.3, -0.25) is 4.79 Å². The van der Waals surface area contributed by atoms with E-state index in [4.69, 9.17) is 11.6 Å². The quantitative estimate of drug-likeness (QED) is 0.844. The third kappa shape index (κ3) is 3.21. The number of rotatable bonds is 3. The normalized spacial score (nSPS) is 12.3. The number of benzene rings is 1. The third-order valence-corrected chi connectivity index (χ3v) is 3.49. The highest BCUT2D eigenvalue weighted by molar-refractivity contribution is 9.10. The maximum absolute atomic E-state index is 11.6. The molecule has 0 radical (unpaired) electrons. The van der Waals surface area contributed by atoms with E-state index in [-0.39, 0.29) is 10.7 Å². The highest BCUT2D eigenvalue weighted by atomic mass is 79.9. The van der Waals surface area contributed by atoms with Crippen molar-refractivity contribution in [1.82, 2.24) is 0 Å². The molecule has 0 aliphatic heterocycles. The van der Waals surface area contributed by atoms with E-state index in [2.05, 4.69) is 21.2 Å². The predicted molar refractivity (Wildman–Crippen MR) is 67.8 cm³/mol. The number of para-hydroxylation sites is 1. The van der Waals surface area contributed by atoms with Gasteiger partial charge in [0.15, 0.2) is 0 Å². The van der Waals surface area contributed by atoms with E-state index in [1.165, 1.54) is 0 Å². The molecule has 4 heteroatoms. The maximum atomic E-state index is 11.6. The van der Waals surface area contributed by atoms with E-state index in [1.807, 2.05) is 26.0 Å². The molecule has 2 nitrogen and oxygen atoms in total. The smallest absolute Gasteiger partial charge is 0.238 e. The highest BCUT2D eigenvalue weighted by Gasteiger charge is 2.14. The minimum absolute atomic E-state index is 0.0614. The number of anilines is 1. The second-order valence-electron chi connectivity index (χ2n) is 3.30. The summed E-state index contributed by atoms with van der Waals surface area (Å²) in [6.45, 7) is 3.86. The highest BCUT2D eigenvalue weighted by Crippen LogP contribution is 2.25. The summed E-state index contributed by atoms with van der Waals surface area (Å²) in [7, 11) is 0. The minimum atomic E-state index is -0.173. The summed E-state index contributed by atoms with van der Waals surface area (Å²) >= 11 is 9.29. The van der Waals surface area contributed by atoms with Crippen LogP contribution < -0.4 is 5.32 Å². The second kappa shape index (κ2) is 5.52. The fourth-order valence-electron chi connectivity index (χ4n) is 1.18. The van der Waals surface area contributed by atoms with Crippen LogP contribution in [0.2, 0.25) is 5.02 Å². The second-order valence-corrected chi connectivity index (χ2v) is 4.81. The fourth-order valence-corrected chi connectivity index (χ4v) is 1.56. The van der Waals surface area contributed by atoms with Crippen LogP contribution in [0.15, 0.2) is 18.2 Å². The van der Waals surface area contributed by atoms with Crippen molar-refractivity contribution in [2.45, 2.75) is 25.1 Å². The molecule has 0 heterocycles. The van der Waals surface area contributed by atoms with Crippen LogP contribution in [0.25, 0.3) is 0 Å². The van der Waals surface area contributed by atoms with Crippen LogP contribution in [0.5, 0.6) is 0 Å². The summed E-state index contributed by atoms with van der Waals surface area (Å²) in [5.41, 5.74) is 1.66. The number of carbonyl (C=O) groups is 1. The van der Waals surface area contributed by atoms with Gasteiger partial charge < -0.3 is 5.32 Å². The molecule has 0 bridgehead atoms. The van der Waals surface area contributed by atoms with E-state index < -0.39 is 0 Å². The van der Waals surface area contributed by atoms with Gasteiger partial charge in [-0.25, -0.2) is 0 Å². The Morgan fingerprint density at radius 2 is 2.27 bits per heavy atom. The predicted octanol–water partition coefficient (Wildman–Crippen LogP) is 3.76. The van der Waals surface area contributed by atoms with Gasteiger partial charge in [-0.15, -0.1) is 0 Å². The number of alkyl halides is 1. The molecule has 1 aromatic carbocycles. The molecule has 0 aliphatic rings. The van der Waals surface area contributed by atoms with Crippen molar-refractivity contribution in [2.24, 2.45) is 0 Å². The van der Waals surface area contributed by atoms with Gasteiger partial charge in [-0.2, -0.15) is 0 Å². The first-order chi connectivity index (χ1) is 7.06. The summed E-state index contributed by atoms with van der Waals surface area (Å²) in [6, 6.07) is 5.54. The Labute approximate surface area is 103 Å². The number of halogens is 2. The number of hydrogen-bond acceptors (Lipinski definition) is 1. The summed E-state index contributed by atoms with van der Waals surface area (Å²) in [5, 5.41) is 3.38. The molecule has 1 rings (SSSR count). The van der Waals surface area contributed by atoms with Crippen LogP contribution in [0, 0.1) is 6.92 Å². The number of aryl methyl sites for hydroxylation is 1. The summed E-state index contributed by atoms with van der Waals surface area (Å²) in [6.07, 6.45) is 0.745. The number of carbonyl (C=O) groups excluding carboxylic acids is 1. The molecule has 1 atom stereocenters. The molecule has 1 aromatic rings. The van der Waals surface area contributed by atoms with Crippen LogP contribution in [0.1, 0.15) is 18.9 Å². The Balaban J connectivity index is 2.85. The summed E-state index contributed by atoms with van der Waals surface area (Å²) < 4.78 is 0. The molecule has 0 aromatic heterocycles. The van der Waals surface area contributed by atoms with Crippen molar-refractivity contribution in [3.8, 4) is 0 Å². The molecule has 0 fully saturated rings. The number of amides is 1. The molecule has 15 heavy (non-hydrogen) atoms. The first-order valence-electron chi connectivity index (χ1n) is 4.76. The van der Waals surface area contributed by atoms with Crippen molar-refractivity contribution < 1.29 is 4.79 Å². The van der Waals surface area contributed by atoms with Gasteiger partial charge in [0.25, 0.3) is 0 Å². The van der Waals surface area contributed by atoms with Gasteiger partial charge in [0.2, 0.25) is 5.91 Å². The SMILES string of the molecule is CC[C@H](Br)C(=O)Nc1c(C)cccc1Cl. The van der Waals surface area contributed by atoms with Crippen LogP contribution >= 0.6 is 27.5 Å². The van der Waals surface area contributed by atoms with Gasteiger partial charge in [0, 0.05) is 0 Å². The van der Waals surface area contributed by atoms with E-state index >= 15 is 0 Å². The van der Waals surface area contributed by atoms with Crippen LogP contribution in [-0.4, -0.2) is 10.7 Å². The van der Waals surface area contributed by atoms with E-state index in [0.717, 1.165) is 12.0 Å². The largest absolute Gasteiger partial charge is 0.324 e. The minimum Gasteiger partial charge on any atom is -0.324 e. The zero-order valence-electron chi connectivity index (χ0n) is 8.68. The fraction of sp³-hybridized carbons (Fsp3) is 0.364. The average Bonchev–Trinajstić information content (AvgIpc) is 2.22. The molecule has 82 valence electrons. The van der Waals surface area contributed by atoms with Gasteiger partial charge in [-0.05, 0) is 25.0 Å². The topological polar surface area (TPSA) is 29.1 Å². The van der Waals surface area contributed by atoms with Crippen molar-refractivity contribution in [3.05, 3.63) is 28.8 Å². The lowest BCUT2D eigenvalue weighted by Gasteiger charge is -2.12. The zero-order valence-corrected chi connectivity index (χ0v) is 11.0. The molecule has 0 spiro atoms. The Bertz CT molecular complexity index is 347. The maximum Gasteiger partial charge on any atom is 0.238 e. The van der Waals surface area contributed by atoms with E-state index in [1.54, 1.807) is 6.07 Å². The van der Waals surface area contributed by atoms with Crippen LogP contribution in [0.3, 0.4) is 0 Å². The average molecular weight is 291 g/mol. The number of hydrogen-bond donors (Lipinski definition) is 1. The monoisotopic (exact) mass is 289 g/mol. The van der Waals surface area contributed by atoms with Gasteiger partial charge in [0.1, 0.15) is 0 Å². The van der Waals surface area contributed by atoms with Gasteiger partial charge in [0.05, 0.1) is 15.5 Å². The number of nitrogens with one attached hydrogen (secondary N) is 1. The molecule has 1 amide bonds. The lowest BCUT2D eigenvalue weighted by Crippen LogP contribution is -2.22. The molecular weight excluding hydrogens is 277 g/mol. The van der Waals surface area contributed by atoms with Crippen LogP contribution in [-0.2, 0) is 4.79 Å². The Morgan fingerprint density at radius 3 is 2.80 bits per heavy atom. The molecule has 0 saturated heterocycles. The standard InChI is InChI=1S/C11H13BrClNO/c1-3-8(12)11(15)14-10-7(2)5-4-6-9(10)13/h4-6,8H,3H2,1-2H3,(H,14,15)/t8-/m0/s1. The molecule has 0 saturated carbocycles. The van der Waals surface area contributed by atoms with Gasteiger partial charge >= 0.3 is 0 Å². The Hall–Kier alpha value is -0.540. The van der Waals surface area contributed by atoms with Crippen molar-refractivity contribution in [3.63, 3.8) is 0 Å².